The van der Waals surface area contributed by atoms with Crippen LogP contribution in [0.2, 0.25) is 0 Å². The third kappa shape index (κ3) is 2.17. The van der Waals surface area contributed by atoms with Crippen LogP contribution in [0.15, 0.2) is 22.8 Å². The number of nitrogens with one attached hydrogen (secondary N) is 1. The van der Waals surface area contributed by atoms with Crippen LogP contribution in [0.4, 0.5) is 0 Å². The van der Waals surface area contributed by atoms with Crippen LogP contribution >= 0.6 is 0 Å². The zero-order chi connectivity index (χ0) is 11.0. The van der Waals surface area contributed by atoms with Crippen LogP contribution in [0.5, 0.6) is 0 Å². The Kier molecular flexibility index (Phi) is 2.55. The first kappa shape index (κ1) is 10.4. The molecule has 0 bridgehead atoms. The molecule has 0 aliphatic heterocycles. The van der Waals surface area contributed by atoms with Crippen molar-refractivity contribution in [1.29, 1.82) is 0 Å². The van der Waals surface area contributed by atoms with E-state index < -0.39 is 0 Å². The predicted octanol–water partition coefficient (Wildman–Crippen LogP) is 2.99. The Morgan fingerprint density at radius 2 is 2.31 bits per heavy atom. The highest BCUT2D eigenvalue weighted by atomic mass is 16.3. The predicted molar refractivity (Wildman–Crippen MR) is 64.3 cm³/mol. The highest BCUT2D eigenvalue weighted by Crippen LogP contribution is 2.60. The van der Waals surface area contributed by atoms with E-state index >= 15 is 0 Å². The van der Waals surface area contributed by atoms with E-state index in [0.717, 1.165) is 18.1 Å². The van der Waals surface area contributed by atoms with Gasteiger partial charge >= 0.3 is 0 Å². The van der Waals surface area contributed by atoms with E-state index in [1.54, 1.807) is 6.26 Å². The van der Waals surface area contributed by atoms with Crippen molar-refractivity contribution in [1.82, 2.24) is 5.32 Å². The van der Waals surface area contributed by atoms with Crippen molar-refractivity contribution in [3.8, 4) is 0 Å². The third-order valence-electron chi connectivity index (χ3n) is 4.23. The molecule has 0 amide bonds. The van der Waals surface area contributed by atoms with Crippen LogP contribution in [0.25, 0.3) is 0 Å². The quantitative estimate of drug-likeness (QED) is 0.795. The van der Waals surface area contributed by atoms with Gasteiger partial charge in [-0.3, -0.25) is 0 Å². The summed E-state index contributed by atoms with van der Waals surface area (Å²) >= 11 is 0. The maximum Gasteiger partial charge on any atom is 0.105 e. The standard InChI is InChI=1S/C14H21NO/c1-11(9-13-3-2-8-16-13)15-10-14(6-7-14)12-4-5-12/h2-3,8,11-12,15H,4-7,9-10H2,1H3. The van der Waals surface area contributed by atoms with Gasteiger partial charge in [0.15, 0.2) is 0 Å². The molecule has 3 rings (SSSR count). The molecular weight excluding hydrogens is 198 g/mol. The van der Waals surface area contributed by atoms with Crippen molar-refractivity contribution < 1.29 is 4.42 Å². The highest BCUT2D eigenvalue weighted by molar-refractivity contribution is 5.06. The molecule has 1 aromatic heterocycles. The maximum atomic E-state index is 5.37. The Balaban J connectivity index is 1.44. The fourth-order valence-electron chi connectivity index (χ4n) is 2.77. The van der Waals surface area contributed by atoms with E-state index in [2.05, 4.69) is 18.3 Å². The van der Waals surface area contributed by atoms with Gasteiger partial charge < -0.3 is 9.73 Å². The molecule has 1 aromatic rings. The van der Waals surface area contributed by atoms with Crippen molar-refractivity contribution >= 4 is 0 Å². The summed E-state index contributed by atoms with van der Waals surface area (Å²) in [6, 6.07) is 4.56. The third-order valence-corrected chi connectivity index (χ3v) is 4.23. The summed E-state index contributed by atoms with van der Waals surface area (Å²) in [4.78, 5) is 0. The van der Waals surface area contributed by atoms with Crippen LogP contribution in [-0.2, 0) is 6.42 Å². The topological polar surface area (TPSA) is 25.2 Å². The Morgan fingerprint density at radius 3 is 2.88 bits per heavy atom. The second-order valence-electron chi connectivity index (χ2n) is 5.70. The van der Waals surface area contributed by atoms with Crippen molar-refractivity contribution in [3.63, 3.8) is 0 Å². The largest absolute Gasteiger partial charge is 0.469 e. The van der Waals surface area contributed by atoms with Crippen molar-refractivity contribution in [2.24, 2.45) is 11.3 Å². The van der Waals surface area contributed by atoms with Gasteiger partial charge in [0.2, 0.25) is 0 Å². The lowest BCUT2D eigenvalue weighted by Gasteiger charge is -2.19. The molecule has 1 N–H and O–H groups in total. The van der Waals surface area contributed by atoms with Gasteiger partial charge in [0, 0.05) is 19.0 Å². The first-order valence-corrected chi connectivity index (χ1v) is 6.54. The minimum Gasteiger partial charge on any atom is -0.469 e. The number of hydrogen-bond donors (Lipinski definition) is 1. The molecule has 2 aliphatic rings. The van der Waals surface area contributed by atoms with Crippen molar-refractivity contribution in [2.45, 2.75) is 45.1 Å². The molecule has 1 heterocycles. The Bertz CT molecular complexity index is 336. The van der Waals surface area contributed by atoms with Gasteiger partial charge in [-0.1, -0.05) is 0 Å². The molecule has 1 atom stereocenters. The second kappa shape index (κ2) is 3.92. The van der Waals surface area contributed by atoms with Gasteiger partial charge in [-0.05, 0) is 56.1 Å². The summed E-state index contributed by atoms with van der Waals surface area (Å²) in [5.74, 6) is 2.15. The molecule has 1 unspecified atom stereocenters. The van der Waals surface area contributed by atoms with Crippen LogP contribution in [0.1, 0.15) is 38.4 Å². The van der Waals surface area contributed by atoms with Gasteiger partial charge in [0.1, 0.15) is 5.76 Å². The molecule has 0 saturated heterocycles. The second-order valence-corrected chi connectivity index (χ2v) is 5.70. The van der Waals surface area contributed by atoms with Gasteiger partial charge in [-0.2, -0.15) is 0 Å². The molecule has 16 heavy (non-hydrogen) atoms. The number of hydrogen-bond acceptors (Lipinski definition) is 2. The summed E-state index contributed by atoms with van der Waals surface area (Å²) in [7, 11) is 0. The van der Waals surface area contributed by atoms with Gasteiger partial charge in [-0.25, -0.2) is 0 Å². The Hall–Kier alpha value is -0.760. The zero-order valence-corrected chi connectivity index (χ0v) is 10.0. The average Bonchev–Trinajstić information content (AvgIpc) is 3.16. The fraction of sp³-hybridized carbons (Fsp3) is 0.714. The minimum absolute atomic E-state index is 0.530. The van der Waals surface area contributed by atoms with E-state index in [-0.39, 0.29) is 0 Å². The van der Waals surface area contributed by atoms with Gasteiger partial charge in [0.25, 0.3) is 0 Å². The maximum absolute atomic E-state index is 5.37. The first-order chi connectivity index (χ1) is 7.78. The van der Waals surface area contributed by atoms with E-state index in [1.165, 1.54) is 32.2 Å². The lowest BCUT2D eigenvalue weighted by Crippen LogP contribution is -2.34. The molecule has 2 saturated carbocycles. The van der Waals surface area contributed by atoms with Crippen LogP contribution in [0, 0.1) is 11.3 Å². The first-order valence-electron chi connectivity index (χ1n) is 6.54. The van der Waals surface area contributed by atoms with E-state index in [4.69, 9.17) is 4.42 Å². The molecule has 2 heteroatoms. The molecule has 0 radical (unpaired) electrons. The lowest BCUT2D eigenvalue weighted by atomic mass is 10.00. The smallest absolute Gasteiger partial charge is 0.105 e. The van der Waals surface area contributed by atoms with Crippen molar-refractivity contribution in [2.75, 3.05) is 6.54 Å². The SMILES string of the molecule is CC(Cc1ccco1)NCC1(C2CC2)CC1. The summed E-state index contributed by atoms with van der Waals surface area (Å²) in [5, 5.41) is 3.68. The molecule has 2 fully saturated rings. The summed E-state index contributed by atoms with van der Waals surface area (Å²) in [5.41, 5.74) is 0.706. The highest BCUT2D eigenvalue weighted by Gasteiger charge is 2.53. The zero-order valence-electron chi connectivity index (χ0n) is 10.0. The monoisotopic (exact) mass is 219 g/mol. The molecule has 2 aliphatic carbocycles. The molecule has 0 spiro atoms. The Morgan fingerprint density at radius 1 is 1.50 bits per heavy atom. The summed E-state index contributed by atoms with van der Waals surface area (Å²) < 4.78 is 5.37. The van der Waals surface area contributed by atoms with Crippen LogP contribution < -0.4 is 5.32 Å². The number of furan rings is 1. The van der Waals surface area contributed by atoms with Crippen LogP contribution in [0.3, 0.4) is 0 Å². The average molecular weight is 219 g/mol. The fourth-order valence-corrected chi connectivity index (χ4v) is 2.77. The Labute approximate surface area is 97.4 Å². The van der Waals surface area contributed by atoms with E-state index in [0.29, 0.717) is 11.5 Å². The van der Waals surface area contributed by atoms with Gasteiger partial charge in [0.05, 0.1) is 6.26 Å². The molecule has 2 nitrogen and oxygen atoms in total. The molecule has 0 aromatic carbocycles. The van der Waals surface area contributed by atoms with Crippen molar-refractivity contribution in [3.05, 3.63) is 24.2 Å². The van der Waals surface area contributed by atoms with E-state index in [1.807, 2.05) is 6.07 Å². The normalized spacial score (nSPS) is 24.3. The molecular formula is C14H21NO. The van der Waals surface area contributed by atoms with Gasteiger partial charge in [-0.15, -0.1) is 0 Å². The van der Waals surface area contributed by atoms with E-state index in [9.17, 15) is 0 Å². The van der Waals surface area contributed by atoms with Crippen LogP contribution in [-0.4, -0.2) is 12.6 Å². The number of rotatable bonds is 6. The minimum atomic E-state index is 0.530. The summed E-state index contributed by atoms with van der Waals surface area (Å²) in [6.45, 7) is 3.48. The molecule has 88 valence electrons. The summed E-state index contributed by atoms with van der Waals surface area (Å²) in [6.07, 6.45) is 8.64. The lowest BCUT2D eigenvalue weighted by molar-refractivity contribution is 0.368.